The van der Waals surface area contributed by atoms with Gasteiger partial charge in [-0.25, -0.2) is 13.1 Å². The van der Waals surface area contributed by atoms with Crippen molar-refractivity contribution in [1.29, 1.82) is 0 Å². The van der Waals surface area contributed by atoms with Crippen LogP contribution in [0.4, 0.5) is 0 Å². The summed E-state index contributed by atoms with van der Waals surface area (Å²) < 4.78 is 37.3. The Balaban J connectivity index is 2.17. The molecule has 1 aromatic rings. The monoisotopic (exact) mass is 335 g/mol. The lowest BCUT2D eigenvalue weighted by Crippen LogP contribution is -2.46. The summed E-state index contributed by atoms with van der Waals surface area (Å²) in [6, 6.07) is 4.35. The fraction of sp³-hybridized carbons (Fsp3) is 0.538. The first-order valence-corrected chi connectivity index (χ1v) is 8.36. The van der Waals surface area contributed by atoms with E-state index in [0.717, 1.165) is 0 Å². The highest BCUT2D eigenvalue weighted by atomic mass is 35.5. The molecule has 1 aliphatic rings. The zero-order chi connectivity index (χ0) is 15.5. The molecule has 0 radical (unpaired) electrons. The summed E-state index contributed by atoms with van der Waals surface area (Å²) in [6.07, 6.45) is 0.782. The van der Waals surface area contributed by atoms with Crippen LogP contribution < -0.4 is 9.46 Å². The van der Waals surface area contributed by atoms with Crippen LogP contribution in [-0.2, 0) is 14.8 Å². The van der Waals surface area contributed by atoms with Gasteiger partial charge in [0.05, 0.1) is 12.7 Å². The van der Waals surface area contributed by atoms with Gasteiger partial charge in [0.15, 0.2) is 0 Å². The van der Waals surface area contributed by atoms with Crippen molar-refractivity contribution in [2.75, 3.05) is 26.9 Å². The summed E-state index contributed by atoms with van der Waals surface area (Å²) in [6.45, 7) is 0.756. The second kappa shape index (κ2) is 6.50. The van der Waals surface area contributed by atoms with Crippen LogP contribution in [0.5, 0.6) is 5.75 Å². The van der Waals surface area contributed by atoms with Gasteiger partial charge in [-0.15, -0.1) is 0 Å². The van der Waals surface area contributed by atoms with Gasteiger partial charge in [-0.05, 0) is 18.2 Å². The van der Waals surface area contributed by atoms with Gasteiger partial charge in [0.25, 0.3) is 0 Å². The largest absolute Gasteiger partial charge is 0.495 e. The predicted octanol–water partition coefficient (Wildman–Crippen LogP) is 1.17. The third-order valence-electron chi connectivity index (χ3n) is 3.43. The number of sulfonamides is 1. The summed E-state index contributed by atoms with van der Waals surface area (Å²) in [5.74, 6) is 0.200. The summed E-state index contributed by atoms with van der Waals surface area (Å²) >= 11 is 5.84. The van der Waals surface area contributed by atoms with Gasteiger partial charge in [-0.3, -0.25) is 0 Å². The van der Waals surface area contributed by atoms with Crippen molar-refractivity contribution in [3.8, 4) is 5.75 Å². The second-order valence-corrected chi connectivity index (χ2v) is 7.13. The smallest absolute Gasteiger partial charge is 0.244 e. The Kier molecular flexibility index (Phi) is 5.11. The Labute approximate surface area is 129 Å². The van der Waals surface area contributed by atoms with E-state index >= 15 is 0 Å². The molecule has 21 heavy (non-hydrogen) atoms. The standard InChI is InChI=1S/C13H18ClNO5S/c1-19-11-3-2-10(14)8-12(11)21(17,18)15-9-13(16)4-6-20-7-5-13/h2-3,8,15-16H,4-7,9H2,1H3. The van der Waals surface area contributed by atoms with Gasteiger partial charge in [-0.2, -0.15) is 0 Å². The predicted molar refractivity (Wildman–Crippen MR) is 78.2 cm³/mol. The van der Waals surface area contributed by atoms with Crippen LogP contribution in [0.25, 0.3) is 0 Å². The van der Waals surface area contributed by atoms with Crippen molar-refractivity contribution in [2.45, 2.75) is 23.3 Å². The van der Waals surface area contributed by atoms with E-state index in [4.69, 9.17) is 21.1 Å². The van der Waals surface area contributed by atoms with E-state index in [1.165, 1.54) is 19.2 Å². The number of methoxy groups -OCH3 is 1. The molecule has 8 heteroatoms. The molecule has 0 bridgehead atoms. The van der Waals surface area contributed by atoms with Crippen molar-refractivity contribution in [1.82, 2.24) is 4.72 Å². The maximum absolute atomic E-state index is 12.4. The Bertz CT molecular complexity index is 599. The molecular weight excluding hydrogens is 318 g/mol. The van der Waals surface area contributed by atoms with Crippen LogP contribution in [0.2, 0.25) is 5.02 Å². The number of benzene rings is 1. The number of ether oxygens (including phenoxy) is 2. The van der Waals surface area contributed by atoms with E-state index in [9.17, 15) is 13.5 Å². The van der Waals surface area contributed by atoms with Crippen molar-refractivity contribution >= 4 is 21.6 Å². The third-order valence-corrected chi connectivity index (χ3v) is 5.09. The van der Waals surface area contributed by atoms with E-state index in [0.29, 0.717) is 31.1 Å². The molecule has 0 amide bonds. The topological polar surface area (TPSA) is 84.9 Å². The minimum absolute atomic E-state index is 0.0480. The van der Waals surface area contributed by atoms with Crippen LogP contribution >= 0.6 is 11.6 Å². The molecule has 1 fully saturated rings. The molecule has 1 saturated heterocycles. The molecule has 0 spiro atoms. The van der Waals surface area contributed by atoms with Crippen LogP contribution in [0.3, 0.4) is 0 Å². The molecule has 0 unspecified atom stereocenters. The summed E-state index contributed by atoms with van der Waals surface area (Å²) in [5, 5.41) is 10.6. The Morgan fingerprint density at radius 2 is 2.10 bits per heavy atom. The lowest BCUT2D eigenvalue weighted by Gasteiger charge is -2.32. The molecule has 1 aromatic carbocycles. The zero-order valence-electron chi connectivity index (χ0n) is 11.6. The lowest BCUT2D eigenvalue weighted by molar-refractivity contribution is -0.0588. The summed E-state index contributed by atoms with van der Waals surface area (Å²) in [7, 11) is -2.44. The van der Waals surface area contributed by atoms with E-state index < -0.39 is 15.6 Å². The molecule has 1 heterocycles. The molecule has 0 saturated carbocycles. The number of nitrogens with one attached hydrogen (secondary N) is 1. The van der Waals surface area contributed by atoms with Gasteiger partial charge >= 0.3 is 0 Å². The van der Waals surface area contributed by atoms with Gasteiger partial charge in [-0.1, -0.05) is 11.6 Å². The first kappa shape index (κ1) is 16.5. The van der Waals surface area contributed by atoms with Gasteiger partial charge in [0.2, 0.25) is 10.0 Å². The minimum Gasteiger partial charge on any atom is -0.495 e. The highest BCUT2D eigenvalue weighted by Crippen LogP contribution is 2.27. The van der Waals surface area contributed by atoms with E-state index in [2.05, 4.69) is 4.72 Å². The van der Waals surface area contributed by atoms with Gasteiger partial charge in [0.1, 0.15) is 10.6 Å². The normalized spacial score (nSPS) is 18.4. The summed E-state index contributed by atoms with van der Waals surface area (Å²) in [4.78, 5) is -0.0480. The fourth-order valence-corrected chi connectivity index (χ4v) is 3.65. The fourth-order valence-electron chi connectivity index (χ4n) is 2.10. The van der Waals surface area contributed by atoms with Gasteiger partial charge in [0, 0.05) is 37.6 Å². The van der Waals surface area contributed by atoms with Crippen molar-refractivity contribution in [2.24, 2.45) is 0 Å². The molecule has 0 atom stereocenters. The molecular formula is C13H18ClNO5S. The Hall–Kier alpha value is -0.860. The Morgan fingerprint density at radius 3 is 2.71 bits per heavy atom. The van der Waals surface area contributed by atoms with Crippen molar-refractivity contribution in [3.63, 3.8) is 0 Å². The van der Waals surface area contributed by atoms with Crippen LogP contribution in [0, 0.1) is 0 Å². The quantitative estimate of drug-likeness (QED) is 0.843. The van der Waals surface area contributed by atoms with Crippen LogP contribution in [0.1, 0.15) is 12.8 Å². The highest BCUT2D eigenvalue weighted by Gasteiger charge is 2.32. The van der Waals surface area contributed by atoms with E-state index in [1.54, 1.807) is 6.07 Å². The second-order valence-electron chi connectivity index (χ2n) is 4.96. The van der Waals surface area contributed by atoms with Gasteiger partial charge < -0.3 is 14.6 Å². The SMILES string of the molecule is COc1ccc(Cl)cc1S(=O)(=O)NCC1(O)CCOCC1. The number of rotatable bonds is 5. The molecule has 6 nitrogen and oxygen atoms in total. The van der Waals surface area contributed by atoms with Crippen molar-refractivity contribution < 1.29 is 23.0 Å². The molecule has 1 aliphatic heterocycles. The minimum atomic E-state index is -3.82. The van der Waals surface area contributed by atoms with Crippen LogP contribution in [-0.4, -0.2) is 46.0 Å². The molecule has 118 valence electrons. The number of halogens is 1. The number of hydrogen-bond donors (Lipinski definition) is 2. The molecule has 2 N–H and O–H groups in total. The lowest BCUT2D eigenvalue weighted by atomic mass is 9.95. The maximum Gasteiger partial charge on any atom is 0.244 e. The first-order valence-electron chi connectivity index (χ1n) is 6.50. The highest BCUT2D eigenvalue weighted by molar-refractivity contribution is 7.89. The Morgan fingerprint density at radius 1 is 1.43 bits per heavy atom. The van der Waals surface area contributed by atoms with E-state index in [-0.39, 0.29) is 17.2 Å². The maximum atomic E-state index is 12.4. The molecule has 2 rings (SSSR count). The van der Waals surface area contributed by atoms with Crippen molar-refractivity contribution in [3.05, 3.63) is 23.2 Å². The first-order chi connectivity index (χ1) is 9.86. The summed E-state index contributed by atoms with van der Waals surface area (Å²) in [5.41, 5.74) is -1.09. The average Bonchev–Trinajstić information content (AvgIpc) is 2.46. The van der Waals surface area contributed by atoms with E-state index in [1.807, 2.05) is 0 Å². The number of hydrogen-bond acceptors (Lipinski definition) is 5. The number of aliphatic hydroxyl groups is 1. The molecule has 0 aliphatic carbocycles. The molecule has 0 aromatic heterocycles. The zero-order valence-corrected chi connectivity index (χ0v) is 13.2. The average molecular weight is 336 g/mol. The van der Waals surface area contributed by atoms with Crippen LogP contribution in [0.15, 0.2) is 23.1 Å². The third kappa shape index (κ3) is 4.08.